The van der Waals surface area contributed by atoms with Crippen molar-refractivity contribution in [2.45, 2.75) is 6.42 Å². The molecule has 23 heavy (non-hydrogen) atoms. The molecule has 1 heterocycles. The van der Waals surface area contributed by atoms with Crippen molar-refractivity contribution in [3.05, 3.63) is 71.9 Å². The van der Waals surface area contributed by atoms with Crippen molar-refractivity contribution in [2.24, 2.45) is 0 Å². The van der Waals surface area contributed by atoms with Gasteiger partial charge >= 0.3 is 0 Å². The molecule has 0 atom stereocenters. The number of rotatable bonds is 5. The number of hydrogen-bond donors (Lipinski definition) is 3. The first-order valence-electron chi connectivity index (χ1n) is 7.46. The van der Waals surface area contributed by atoms with E-state index in [9.17, 15) is 4.79 Å². The Hall–Kier alpha value is -2.85. The maximum Gasteiger partial charge on any atom is 0.257 e. The van der Waals surface area contributed by atoms with Gasteiger partial charge in [0.25, 0.3) is 5.91 Å². The first-order valence-corrected chi connectivity index (χ1v) is 7.46. The van der Waals surface area contributed by atoms with E-state index >= 15 is 0 Å². The molecular formula is C19H18N2O2. The van der Waals surface area contributed by atoms with E-state index in [0.29, 0.717) is 12.0 Å². The van der Waals surface area contributed by atoms with Crippen LogP contribution in [0.15, 0.2) is 55.2 Å². The number of benzene rings is 2. The lowest BCUT2D eigenvalue weighted by Crippen LogP contribution is -2.05. The second-order valence-electron chi connectivity index (χ2n) is 5.34. The normalized spacial score (nSPS) is 14.5. The lowest BCUT2D eigenvalue weighted by Gasteiger charge is -2.04. The zero-order valence-electron chi connectivity index (χ0n) is 12.7. The Kier molecular flexibility index (Phi) is 4.26. The van der Waals surface area contributed by atoms with Gasteiger partial charge in [-0.1, -0.05) is 36.9 Å². The molecule has 0 spiro atoms. The Morgan fingerprint density at radius 1 is 1.17 bits per heavy atom. The highest BCUT2D eigenvalue weighted by Crippen LogP contribution is 2.32. The first-order chi connectivity index (χ1) is 11.2. The minimum atomic E-state index is -0.120. The van der Waals surface area contributed by atoms with E-state index in [-0.39, 0.29) is 12.5 Å². The third-order valence-corrected chi connectivity index (χ3v) is 3.80. The van der Waals surface area contributed by atoms with Gasteiger partial charge in [-0.15, -0.1) is 0 Å². The van der Waals surface area contributed by atoms with Crippen LogP contribution in [0, 0.1) is 0 Å². The number of amides is 1. The molecule has 0 saturated carbocycles. The van der Waals surface area contributed by atoms with Crippen LogP contribution >= 0.6 is 0 Å². The largest absolute Gasteiger partial charge is 0.396 e. The van der Waals surface area contributed by atoms with Gasteiger partial charge in [-0.25, -0.2) is 0 Å². The smallest absolute Gasteiger partial charge is 0.257 e. The molecule has 0 bridgehead atoms. The molecule has 1 amide bonds. The van der Waals surface area contributed by atoms with Gasteiger partial charge in [0.2, 0.25) is 0 Å². The fourth-order valence-electron chi connectivity index (χ4n) is 2.53. The van der Waals surface area contributed by atoms with E-state index in [1.165, 1.54) is 0 Å². The predicted molar refractivity (Wildman–Crippen MR) is 94.0 cm³/mol. The Morgan fingerprint density at radius 3 is 2.65 bits per heavy atom. The van der Waals surface area contributed by atoms with Crippen LogP contribution in [0.25, 0.3) is 11.6 Å². The van der Waals surface area contributed by atoms with E-state index in [1.807, 2.05) is 42.5 Å². The fourth-order valence-corrected chi connectivity index (χ4v) is 2.53. The molecule has 4 heteroatoms. The highest BCUT2D eigenvalue weighted by atomic mass is 16.2. The van der Waals surface area contributed by atoms with Gasteiger partial charge in [0.05, 0.1) is 5.57 Å². The molecule has 3 rings (SSSR count). The van der Waals surface area contributed by atoms with Crippen LogP contribution in [0.4, 0.5) is 11.4 Å². The number of nitrogens with one attached hydrogen (secondary N) is 2. The number of aliphatic hydroxyl groups is 1. The summed E-state index contributed by atoms with van der Waals surface area (Å²) in [4.78, 5) is 12.1. The lowest BCUT2D eigenvalue weighted by atomic mass is 10.1. The van der Waals surface area contributed by atoms with Crippen LogP contribution in [0.2, 0.25) is 0 Å². The van der Waals surface area contributed by atoms with Gasteiger partial charge in [-0.2, -0.15) is 0 Å². The summed E-state index contributed by atoms with van der Waals surface area (Å²) < 4.78 is 0. The Balaban J connectivity index is 1.80. The Labute approximate surface area is 135 Å². The van der Waals surface area contributed by atoms with E-state index < -0.39 is 0 Å². The van der Waals surface area contributed by atoms with Crippen molar-refractivity contribution in [3.63, 3.8) is 0 Å². The molecule has 0 aromatic heterocycles. The summed E-state index contributed by atoms with van der Waals surface area (Å²) in [5, 5.41) is 14.9. The van der Waals surface area contributed by atoms with Crippen molar-refractivity contribution >= 4 is 28.9 Å². The molecule has 1 aliphatic heterocycles. The van der Waals surface area contributed by atoms with Gasteiger partial charge in [-0.05, 0) is 35.7 Å². The van der Waals surface area contributed by atoms with Crippen LogP contribution in [0.1, 0.15) is 16.7 Å². The molecule has 1 aliphatic rings. The average molecular weight is 306 g/mol. The zero-order valence-corrected chi connectivity index (χ0v) is 12.7. The van der Waals surface area contributed by atoms with E-state index in [0.717, 1.165) is 28.1 Å². The van der Waals surface area contributed by atoms with Gasteiger partial charge in [0.1, 0.15) is 0 Å². The lowest BCUT2D eigenvalue weighted by molar-refractivity contribution is -0.110. The second kappa shape index (κ2) is 6.50. The molecule has 116 valence electrons. The van der Waals surface area contributed by atoms with E-state index in [1.54, 1.807) is 12.3 Å². The van der Waals surface area contributed by atoms with E-state index in [4.69, 9.17) is 5.11 Å². The number of carbonyl (C=O) groups is 1. The van der Waals surface area contributed by atoms with Crippen LogP contribution in [-0.4, -0.2) is 17.6 Å². The summed E-state index contributed by atoms with van der Waals surface area (Å²) >= 11 is 0. The van der Waals surface area contributed by atoms with Crippen molar-refractivity contribution in [1.29, 1.82) is 0 Å². The summed E-state index contributed by atoms with van der Waals surface area (Å²) in [6.45, 7) is 3.87. The minimum absolute atomic E-state index is 0.120. The van der Waals surface area contributed by atoms with Gasteiger partial charge in [0, 0.05) is 29.7 Å². The second-order valence-corrected chi connectivity index (χ2v) is 5.34. The molecule has 0 fully saturated rings. The van der Waals surface area contributed by atoms with E-state index in [2.05, 4.69) is 17.2 Å². The Morgan fingerprint density at radius 2 is 1.96 bits per heavy atom. The highest BCUT2D eigenvalue weighted by molar-refractivity contribution is 6.31. The van der Waals surface area contributed by atoms with Crippen LogP contribution in [0.5, 0.6) is 0 Å². The van der Waals surface area contributed by atoms with Gasteiger partial charge < -0.3 is 15.7 Å². The minimum Gasteiger partial charge on any atom is -0.396 e. The molecule has 0 saturated heterocycles. The van der Waals surface area contributed by atoms with Crippen molar-refractivity contribution < 1.29 is 9.90 Å². The Bertz CT molecular complexity index is 776. The average Bonchev–Trinajstić information content (AvgIpc) is 2.89. The standard InChI is InChI=1S/C19H18N2O2/c1-2-13-5-8-16-17(19(23)21-18(16)11-13)12-20-15-6-3-14(4-7-15)9-10-22/h2-8,11-12,20,22H,1,9-10H2,(H,21,23)/b17-12-. The molecule has 2 aromatic carbocycles. The molecule has 4 nitrogen and oxygen atoms in total. The summed E-state index contributed by atoms with van der Waals surface area (Å²) in [5.41, 5.74) is 5.23. The monoisotopic (exact) mass is 306 g/mol. The number of aliphatic hydroxyl groups excluding tert-OH is 1. The fraction of sp³-hybridized carbons (Fsp3) is 0.105. The molecule has 0 unspecified atom stereocenters. The van der Waals surface area contributed by atoms with Crippen molar-refractivity contribution in [2.75, 3.05) is 17.2 Å². The summed E-state index contributed by atoms with van der Waals surface area (Å²) in [6, 6.07) is 13.5. The predicted octanol–water partition coefficient (Wildman–Crippen LogP) is 3.27. The zero-order chi connectivity index (χ0) is 16.2. The van der Waals surface area contributed by atoms with Crippen molar-refractivity contribution in [3.8, 4) is 0 Å². The van der Waals surface area contributed by atoms with Gasteiger partial charge in [0.15, 0.2) is 0 Å². The number of carbonyl (C=O) groups excluding carboxylic acids is 1. The quantitative estimate of drug-likeness (QED) is 0.743. The number of anilines is 2. The summed E-state index contributed by atoms with van der Waals surface area (Å²) in [5.74, 6) is -0.120. The molecule has 0 aliphatic carbocycles. The molecule has 2 aromatic rings. The first kappa shape index (κ1) is 15.1. The topological polar surface area (TPSA) is 61.4 Å². The van der Waals surface area contributed by atoms with Crippen LogP contribution in [0.3, 0.4) is 0 Å². The molecule has 3 N–H and O–H groups in total. The number of fused-ring (bicyclic) bond motifs is 1. The molecular weight excluding hydrogens is 288 g/mol. The maximum absolute atomic E-state index is 12.1. The summed E-state index contributed by atoms with van der Waals surface area (Å²) in [7, 11) is 0. The number of hydrogen-bond acceptors (Lipinski definition) is 3. The maximum atomic E-state index is 12.1. The third-order valence-electron chi connectivity index (χ3n) is 3.80. The SMILES string of the molecule is C=Cc1ccc2c(c1)NC(=O)/C2=C\Nc1ccc(CCO)cc1. The summed E-state index contributed by atoms with van der Waals surface area (Å²) in [6.07, 6.45) is 4.11. The van der Waals surface area contributed by atoms with Crippen LogP contribution in [-0.2, 0) is 11.2 Å². The van der Waals surface area contributed by atoms with Crippen molar-refractivity contribution in [1.82, 2.24) is 0 Å². The third kappa shape index (κ3) is 3.17. The molecule has 0 radical (unpaired) electrons. The van der Waals surface area contributed by atoms with Gasteiger partial charge in [-0.3, -0.25) is 4.79 Å². The highest BCUT2D eigenvalue weighted by Gasteiger charge is 2.23. The van der Waals surface area contributed by atoms with Crippen LogP contribution < -0.4 is 10.6 Å².